The Balaban J connectivity index is 1.80. The molecule has 1 saturated carbocycles. The third kappa shape index (κ3) is 3.92. The van der Waals surface area contributed by atoms with E-state index in [9.17, 15) is 0 Å². The van der Waals surface area contributed by atoms with Crippen LogP contribution in [-0.2, 0) is 4.74 Å². The molecule has 18 heavy (non-hydrogen) atoms. The fraction of sp³-hybridized carbons (Fsp3) is 1.00. The van der Waals surface area contributed by atoms with Crippen LogP contribution in [0.15, 0.2) is 0 Å². The molecule has 0 radical (unpaired) electrons. The van der Waals surface area contributed by atoms with Crippen LogP contribution in [0.5, 0.6) is 0 Å². The number of nitrogens with zero attached hydrogens (tertiary/aromatic N) is 2. The number of hydrogen-bond acceptors (Lipinski definition) is 3. The predicted octanol–water partition coefficient (Wildman–Crippen LogP) is 2.34. The highest BCUT2D eigenvalue weighted by Crippen LogP contribution is 2.28. The topological polar surface area (TPSA) is 15.7 Å². The average molecular weight is 319 g/mol. The number of hydrogen-bond donors (Lipinski definition) is 0. The first-order valence-corrected chi connectivity index (χ1v) is 8.30. The molecule has 3 unspecified atom stereocenters. The Morgan fingerprint density at radius 2 is 2.11 bits per heavy atom. The summed E-state index contributed by atoms with van der Waals surface area (Å²) in [5.74, 6) is 0. The van der Waals surface area contributed by atoms with Crippen molar-refractivity contribution in [2.75, 3.05) is 39.8 Å². The Morgan fingerprint density at radius 1 is 1.33 bits per heavy atom. The molecule has 2 aliphatic rings. The molecule has 2 rings (SSSR count). The first-order chi connectivity index (χ1) is 8.70. The van der Waals surface area contributed by atoms with Gasteiger partial charge in [-0.2, -0.15) is 0 Å². The molecule has 106 valence electrons. The zero-order chi connectivity index (χ0) is 13.0. The SMILES string of the molecule is CCN1CCOC(CN(C)C2CCCCC2Br)C1. The molecule has 1 heterocycles. The van der Waals surface area contributed by atoms with Gasteiger partial charge in [-0.1, -0.05) is 35.7 Å². The van der Waals surface area contributed by atoms with Gasteiger partial charge in [-0.15, -0.1) is 0 Å². The van der Waals surface area contributed by atoms with E-state index >= 15 is 0 Å². The molecule has 1 saturated heterocycles. The van der Waals surface area contributed by atoms with Crippen LogP contribution in [0.3, 0.4) is 0 Å². The van der Waals surface area contributed by atoms with Crippen LogP contribution in [0, 0.1) is 0 Å². The van der Waals surface area contributed by atoms with Crippen LogP contribution in [0.25, 0.3) is 0 Å². The monoisotopic (exact) mass is 318 g/mol. The Morgan fingerprint density at radius 3 is 2.83 bits per heavy atom. The maximum Gasteiger partial charge on any atom is 0.0829 e. The zero-order valence-corrected chi connectivity index (χ0v) is 13.4. The second-order valence-corrected chi connectivity index (χ2v) is 6.87. The van der Waals surface area contributed by atoms with Crippen molar-refractivity contribution in [2.45, 2.75) is 49.6 Å². The number of morpholine rings is 1. The van der Waals surface area contributed by atoms with Gasteiger partial charge in [0.25, 0.3) is 0 Å². The van der Waals surface area contributed by atoms with Gasteiger partial charge in [-0.05, 0) is 26.4 Å². The van der Waals surface area contributed by atoms with Crippen LogP contribution in [0.1, 0.15) is 32.6 Å². The number of likely N-dealkylation sites (N-methyl/N-ethyl adjacent to an activating group) is 2. The van der Waals surface area contributed by atoms with E-state index in [2.05, 4.69) is 39.7 Å². The molecule has 0 amide bonds. The summed E-state index contributed by atoms with van der Waals surface area (Å²) in [6.45, 7) is 7.55. The van der Waals surface area contributed by atoms with Gasteiger partial charge in [0.15, 0.2) is 0 Å². The minimum absolute atomic E-state index is 0.394. The molecule has 0 aromatic carbocycles. The summed E-state index contributed by atoms with van der Waals surface area (Å²) >= 11 is 3.85. The van der Waals surface area contributed by atoms with E-state index in [1.54, 1.807) is 0 Å². The van der Waals surface area contributed by atoms with Gasteiger partial charge in [0.1, 0.15) is 0 Å². The smallest absolute Gasteiger partial charge is 0.0829 e. The minimum Gasteiger partial charge on any atom is -0.374 e. The van der Waals surface area contributed by atoms with Crippen molar-refractivity contribution in [1.82, 2.24) is 9.80 Å². The highest BCUT2D eigenvalue weighted by molar-refractivity contribution is 9.09. The van der Waals surface area contributed by atoms with E-state index in [-0.39, 0.29) is 0 Å². The second-order valence-electron chi connectivity index (χ2n) is 5.69. The van der Waals surface area contributed by atoms with Crippen LogP contribution in [-0.4, -0.2) is 66.6 Å². The summed E-state index contributed by atoms with van der Waals surface area (Å²) in [6.07, 6.45) is 5.80. The van der Waals surface area contributed by atoms with Gasteiger partial charge in [-0.3, -0.25) is 9.80 Å². The lowest BCUT2D eigenvalue weighted by Crippen LogP contribution is -2.50. The molecule has 4 heteroatoms. The summed E-state index contributed by atoms with van der Waals surface area (Å²) in [7, 11) is 2.26. The van der Waals surface area contributed by atoms with E-state index in [4.69, 9.17) is 4.74 Å². The lowest BCUT2D eigenvalue weighted by molar-refractivity contribution is -0.0445. The highest BCUT2D eigenvalue weighted by atomic mass is 79.9. The molecule has 1 aliphatic carbocycles. The fourth-order valence-electron chi connectivity index (χ4n) is 3.20. The normalized spacial score (nSPS) is 35.0. The molecule has 3 nitrogen and oxygen atoms in total. The average Bonchev–Trinajstić information content (AvgIpc) is 2.39. The van der Waals surface area contributed by atoms with E-state index in [0.29, 0.717) is 17.0 Å². The molecule has 0 N–H and O–H groups in total. The molecule has 0 aromatic heterocycles. The molecule has 0 aromatic rings. The van der Waals surface area contributed by atoms with Crippen molar-refractivity contribution >= 4 is 15.9 Å². The maximum absolute atomic E-state index is 5.91. The third-order valence-corrected chi connectivity index (χ3v) is 5.44. The number of rotatable bonds is 4. The summed E-state index contributed by atoms with van der Waals surface area (Å²) in [4.78, 5) is 5.68. The molecule has 0 bridgehead atoms. The van der Waals surface area contributed by atoms with Gasteiger partial charge in [0.2, 0.25) is 0 Å². The van der Waals surface area contributed by atoms with Crippen molar-refractivity contribution < 1.29 is 4.74 Å². The summed E-state index contributed by atoms with van der Waals surface area (Å²) in [5, 5.41) is 0. The highest BCUT2D eigenvalue weighted by Gasteiger charge is 2.29. The Bertz CT molecular complexity index is 252. The van der Waals surface area contributed by atoms with Gasteiger partial charge >= 0.3 is 0 Å². The van der Waals surface area contributed by atoms with Gasteiger partial charge in [0, 0.05) is 30.5 Å². The molecule has 0 spiro atoms. The maximum atomic E-state index is 5.91. The Hall–Kier alpha value is 0.360. The molecular weight excluding hydrogens is 292 g/mol. The van der Waals surface area contributed by atoms with Crippen molar-refractivity contribution in [3.63, 3.8) is 0 Å². The van der Waals surface area contributed by atoms with Crippen molar-refractivity contribution in [1.29, 1.82) is 0 Å². The first-order valence-electron chi connectivity index (χ1n) is 7.39. The molecule has 2 fully saturated rings. The lowest BCUT2D eigenvalue weighted by atomic mass is 9.94. The van der Waals surface area contributed by atoms with Crippen molar-refractivity contribution in [2.24, 2.45) is 0 Å². The van der Waals surface area contributed by atoms with Crippen molar-refractivity contribution in [3.8, 4) is 0 Å². The zero-order valence-electron chi connectivity index (χ0n) is 11.8. The van der Waals surface area contributed by atoms with E-state index in [0.717, 1.165) is 32.8 Å². The van der Waals surface area contributed by atoms with Crippen LogP contribution >= 0.6 is 15.9 Å². The van der Waals surface area contributed by atoms with Crippen LogP contribution in [0.4, 0.5) is 0 Å². The summed E-state index contributed by atoms with van der Waals surface area (Å²) in [6, 6.07) is 0.694. The third-order valence-electron chi connectivity index (χ3n) is 4.38. The quantitative estimate of drug-likeness (QED) is 0.740. The number of alkyl halides is 1. The predicted molar refractivity (Wildman–Crippen MR) is 79.5 cm³/mol. The largest absolute Gasteiger partial charge is 0.374 e. The minimum atomic E-state index is 0.394. The van der Waals surface area contributed by atoms with E-state index in [1.807, 2.05) is 0 Å². The number of halogens is 1. The lowest BCUT2D eigenvalue weighted by Gasteiger charge is -2.39. The fourth-order valence-corrected chi connectivity index (χ4v) is 4.19. The first kappa shape index (κ1) is 14.8. The molecular formula is C14H27BrN2O. The van der Waals surface area contributed by atoms with Gasteiger partial charge < -0.3 is 4.74 Å². The van der Waals surface area contributed by atoms with E-state index in [1.165, 1.54) is 25.7 Å². The van der Waals surface area contributed by atoms with Crippen LogP contribution < -0.4 is 0 Å². The van der Waals surface area contributed by atoms with E-state index < -0.39 is 0 Å². The van der Waals surface area contributed by atoms with Gasteiger partial charge in [-0.25, -0.2) is 0 Å². The summed E-state index contributed by atoms with van der Waals surface area (Å²) in [5.41, 5.74) is 0. The Labute approximate surface area is 120 Å². The molecule has 3 atom stereocenters. The van der Waals surface area contributed by atoms with Gasteiger partial charge in [0.05, 0.1) is 12.7 Å². The Kier molecular flexibility index (Phi) is 5.93. The van der Waals surface area contributed by atoms with Crippen molar-refractivity contribution in [3.05, 3.63) is 0 Å². The standard InChI is InChI=1S/C14H27BrN2O/c1-3-17-8-9-18-12(11-17)10-16(2)14-7-5-4-6-13(14)15/h12-14H,3-11H2,1-2H3. The van der Waals surface area contributed by atoms with Crippen LogP contribution in [0.2, 0.25) is 0 Å². The summed E-state index contributed by atoms with van der Waals surface area (Å²) < 4.78 is 5.91. The second kappa shape index (κ2) is 7.22. The molecule has 1 aliphatic heterocycles. The number of ether oxygens (including phenoxy) is 1.